The Labute approximate surface area is 114 Å². The van der Waals surface area contributed by atoms with Gasteiger partial charge in [0.25, 0.3) is 0 Å². The molecule has 0 bridgehead atoms. The minimum atomic E-state index is -3.64. The van der Waals surface area contributed by atoms with Gasteiger partial charge in [-0.3, -0.25) is 4.79 Å². The van der Waals surface area contributed by atoms with Crippen molar-refractivity contribution in [2.24, 2.45) is 5.92 Å². The van der Waals surface area contributed by atoms with Crippen LogP contribution in [-0.2, 0) is 19.6 Å². The van der Waals surface area contributed by atoms with Crippen molar-refractivity contribution in [3.05, 3.63) is 0 Å². The van der Waals surface area contributed by atoms with Crippen LogP contribution in [0.15, 0.2) is 0 Å². The molecule has 1 rings (SSSR count). The lowest BCUT2D eigenvalue weighted by atomic mass is 10.1. The number of nitrogens with zero attached hydrogens (tertiary/aromatic N) is 1. The summed E-state index contributed by atoms with van der Waals surface area (Å²) in [5.41, 5.74) is -0.887. The average Bonchev–Trinajstić information content (AvgIpc) is 2.86. The second-order valence-corrected chi connectivity index (χ2v) is 7.77. The largest absolute Gasteiger partial charge is 0.469 e. The Bertz CT molecular complexity index is 431. The Balaban J connectivity index is 3.03. The molecular weight excluding hydrogens is 270 g/mol. The zero-order valence-electron chi connectivity index (χ0n) is 11.9. The van der Waals surface area contributed by atoms with Crippen molar-refractivity contribution in [2.45, 2.75) is 43.9 Å². The topological polar surface area (TPSA) is 83.9 Å². The lowest BCUT2D eigenvalue weighted by Crippen LogP contribution is -2.52. The number of ether oxygens (including phenoxy) is 1. The number of methoxy groups -OCH3 is 1. The fourth-order valence-electron chi connectivity index (χ4n) is 2.35. The maximum Gasteiger partial charge on any atom is 0.310 e. The zero-order chi connectivity index (χ0) is 14.8. The first kappa shape index (κ1) is 16.4. The molecule has 0 radical (unpaired) electrons. The summed E-state index contributed by atoms with van der Waals surface area (Å²) in [6.45, 7) is 3.01. The molecule has 0 aromatic rings. The molecule has 1 saturated carbocycles. The van der Waals surface area contributed by atoms with Crippen molar-refractivity contribution >= 4 is 16.0 Å². The molecule has 6 nitrogen and oxygen atoms in total. The third-order valence-corrected chi connectivity index (χ3v) is 6.55. The Morgan fingerprint density at radius 1 is 1.42 bits per heavy atom. The third-order valence-electron chi connectivity index (χ3n) is 3.96. The molecule has 1 aliphatic rings. The molecule has 0 aliphatic heterocycles. The number of hydrogen-bond acceptors (Lipinski definition) is 5. The van der Waals surface area contributed by atoms with Crippen LogP contribution in [0.5, 0.6) is 0 Å². The highest BCUT2D eigenvalue weighted by molar-refractivity contribution is 7.89. The summed E-state index contributed by atoms with van der Waals surface area (Å²) in [5, 5.41) is 8.54. The molecule has 2 unspecified atom stereocenters. The number of hydrogen-bond donors (Lipinski definition) is 1. The van der Waals surface area contributed by atoms with E-state index in [1.54, 1.807) is 13.8 Å². The summed E-state index contributed by atoms with van der Waals surface area (Å²) in [4.78, 5) is 11.7. The van der Waals surface area contributed by atoms with Crippen LogP contribution in [0.1, 0.15) is 33.1 Å². The Hall–Kier alpha value is -0.660. The quantitative estimate of drug-likeness (QED) is 0.740. The first-order valence-electron chi connectivity index (χ1n) is 6.35. The van der Waals surface area contributed by atoms with Crippen molar-refractivity contribution < 1.29 is 23.1 Å². The summed E-state index contributed by atoms with van der Waals surface area (Å²) < 4.78 is 31.0. The first-order chi connectivity index (χ1) is 8.68. The molecule has 0 aromatic carbocycles. The van der Waals surface area contributed by atoms with Gasteiger partial charge < -0.3 is 9.84 Å². The smallest absolute Gasteiger partial charge is 0.310 e. The third kappa shape index (κ3) is 3.09. The van der Waals surface area contributed by atoms with Crippen molar-refractivity contribution in [3.63, 3.8) is 0 Å². The Morgan fingerprint density at radius 3 is 2.47 bits per heavy atom. The molecule has 0 spiro atoms. The van der Waals surface area contributed by atoms with E-state index in [-0.39, 0.29) is 6.61 Å². The summed E-state index contributed by atoms with van der Waals surface area (Å²) >= 11 is 0. The second-order valence-electron chi connectivity index (χ2n) is 5.58. The first-order valence-corrected chi connectivity index (χ1v) is 7.85. The second kappa shape index (κ2) is 5.76. The molecule has 0 aromatic heterocycles. The molecule has 1 aliphatic carbocycles. The number of carbonyl (C=O) groups excluding carboxylic acids is 1. The molecule has 1 N–H and O–H groups in total. The normalized spacial score (nSPS) is 24.7. The van der Waals surface area contributed by atoms with Gasteiger partial charge in [-0.2, -0.15) is 4.31 Å². The van der Waals surface area contributed by atoms with E-state index >= 15 is 0 Å². The Kier molecular flexibility index (Phi) is 4.97. The zero-order valence-corrected chi connectivity index (χ0v) is 12.7. The summed E-state index contributed by atoms with van der Waals surface area (Å²) in [5.74, 6) is -1.08. The lowest BCUT2D eigenvalue weighted by Gasteiger charge is -2.35. The van der Waals surface area contributed by atoms with Gasteiger partial charge in [0.05, 0.1) is 30.4 Å². The number of carbonyl (C=O) groups is 1. The van der Waals surface area contributed by atoms with Crippen LogP contribution in [0.3, 0.4) is 0 Å². The van der Waals surface area contributed by atoms with Crippen LogP contribution in [0.4, 0.5) is 0 Å². The van der Waals surface area contributed by atoms with Crippen molar-refractivity contribution in [2.75, 3.05) is 20.8 Å². The van der Waals surface area contributed by atoms with Gasteiger partial charge in [-0.25, -0.2) is 8.42 Å². The minimum Gasteiger partial charge on any atom is -0.469 e. The van der Waals surface area contributed by atoms with Gasteiger partial charge in [-0.05, 0) is 26.7 Å². The van der Waals surface area contributed by atoms with E-state index in [4.69, 9.17) is 0 Å². The SMILES string of the molecule is COC(=O)C1CCCC1S(=O)(=O)N(C)C(C)(C)CO. The summed E-state index contributed by atoms with van der Waals surface area (Å²) in [7, 11) is -0.928. The molecule has 112 valence electrons. The molecule has 1 fully saturated rings. The van der Waals surface area contributed by atoms with E-state index in [1.807, 2.05) is 0 Å². The van der Waals surface area contributed by atoms with Gasteiger partial charge in [0.2, 0.25) is 10.0 Å². The van der Waals surface area contributed by atoms with E-state index < -0.39 is 32.7 Å². The predicted molar refractivity (Wildman–Crippen MR) is 71.0 cm³/mol. The maximum atomic E-state index is 12.6. The van der Waals surface area contributed by atoms with Crippen LogP contribution < -0.4 is 0 Å². The maximum absolute atomic E-state index is 12.6. The van der Waals surface area contributed by atoms with Crippen LogP contribution in [0.2, 0.25) is 0 Å². The van der Waals surface area contributed by atoms with E-state index in [1.165, 1.54) is 18.5 Å². The van der Waals surface area contributed by atoms with Crippen molar-refractivity contribution in [1.82, 2.24) is 4.31 Å². The highest BCUT2D eigenvalue weighted by atomic mass is 32.2. The molecule has 0 saturated heterocycles. The number of aliphatic hydroxyl groups excluding tert-OH is 1. The van der Waals surface area contributed by atoms with Gasteiger partial charge in [0.15, 0.2) is 0 Å². The predicted octanol–water partition coefficient (Wildman–Crippen LogP) is 0.361. The van der Waals surface area contributed by atoms with E-state index in [0.29, 0.717) is 19.3 Å². The molecular formula is C12H23NO5S. The molecule has 7 heteroatoms. The van der Waals surface area contributed by atoms with Crippen molar-refractivity contribution in [1.29, 1.82) is 0 Å². The molecule has 19 heavy (non-hydrogen) atoms. The number of esters is 1. The number of likely N-dealkylation sites (N-methyl/N-ethyl adjacent to an activating group) is 1. The van der Waals surface area contributed by atoms with Gasteiger partial charge >= 0.3 is 5.97 Å². The van der Waals surface area contributed by atoms with Crippen LogP contribution in [0.25, 0.3) is 0 Å². The fourth-order valence-corrected chi connectivity index (χ4v) is 4.63. The monoisotopic (exact) mass is 293 g/mol. The summed E-state index contributed by atoms with van der Waals surface area (Å²) in [6, 6.07) is 0. The standard InChI is InChI=1S/C12H23NO5S/c1-12(2,8-14)13(3)19(16,17)10-7-5-6-9(10)11(15)18-4/h9-10,14H,5-8H2,1-4H3. The minimum absolute atomic E-state index is 0.279. The number of rotatable bonds is 5. The number of sulfonamides is 1. The number of aliphatic hydroxyl groups is 1. The molecule has 2 atom stereocenters. The van der Waals surface area contributed by atoms with Crippen molar-refractivity contribution in [3.8, 4) is 0 Å². The summed E-state index contributed by atoms with van der Waals surface area (Å²) in [6.07, 6.45) is 1.68. The Morgan fingerprint density at radius 2 is 2.00 bits per heavy atom. The highest BCUT2D eigenvalue weighted by Gasteiger charge is 2.46. The van der Waals surface area contributed by atoms with Gasteiger partial charge in [0, 0.05) is 7.05 Å². The van der Waals surface area contributed by atoms with Crippen LogP contribution in [-0.4, -0.2) is 55.4 Å². The van der Waals surface area contributed by atoms with Gasteiger partial charge in [0.1, 0.15) is 0 Å². The van der Waals surface area contributed by atoms with Gasteiger partial charge in [-0.1, -0.05) is 6.42 Å². The fraction of sp³-hybridized carbons (Fsp3) is 0.917. The van der Waals surface area contributed by atoms with Crippen LogP contribution >= 0.6 is 0 Å². The van der Waals surface area contributed by atoms with E-state index in [2.05, 4.69) is 4.74 Å². The van der Waals surface area contributed by atoms with Crippen LogP contribution in [0, 0.1) is 5.92 Å². The van der Waals surface area contributed by atoms with E-state index in [9.17, 15) is 18.3 Å². The molecule has 0 heterocycles. The van der Waals surface area contributed by atoms with Gasteiger partial charge in [-0.15, -0.1) is 0 Å². The molecule has 0 amide bonds. The lowest BCUT2D eigenvalue weighted by molar-refractivity contribution is -0.145. The van der Waals surface area contributed by atoms with E-state index in [0.717, 1.165) is 0 Å². The highest BCUT2D eigenvalue weighted by Crippen LogP contribution is 2.35. The average molecular weight is 293 g/mol.